The van der Waals surface area contributed by atoms with Crippen LogP contribution in [0.4, 0.5) is 0 Å². The minimum atomic E-state index is 0.277. The lowest BCUT2D eigenvalue weighted by atomic mass is 9.81. The van der Waals surface area contributed by atoms with Crippen LogP contribution in [0.1, 0.15) is 49.1 Å². The number of amides is 1. The summed E-state index contributed by atoms with van der Waals surface area (Å²) in [6.45, 7) is 0.842. The zero-order valence-corrected chi connectivity index (χ0v) is 10.8. The van der Waals surface area contributed by atoms with Gasteiger partial charge in [-0.1, -0.05) is 24.3 Å². The molecule has 1 saturated carbocycles. The maximum Gasteiger partial charge on any atom is 0.223 e. The molecule has 0 spiro atoms. The van der Waals surface area contributed by atoms with Crippen LogP contribution in [0.2, 0.25) is 0 Å². The number of benzene rings is 1. The highest BCUT2D eigenvalue weighted by Gasteiger charge is 2.29. The Labute approximate surface area is 109 Å². The van der Waals surface area contributed by atoms with Crippen molar-refractivity contribution in [2.45, 2.75) is 44.4 Å². The predicted molar refractivity (Wildman–Crippen MR) is 72.5 cm³/mol. The molecule has 18 heavy (non-hydrogen) atoms. The van der Waals surface area contributed by atoms with E-state index in [0.29, 0.717) is 11.8 Å². The minimum absolute atomic E-state index is 0.277. The van der Waals surface area contributed by atoms with Gasteiger partial charge in [0.25, 0.3) is 0 Å². The summed E-state index contributed by atoms with van der Waals surface area (Å²) < 4.78 is 0. The number of nitrogens with one attached hydrogen (secondary N) is 1. The van der Waals surface area contributed by atoms with Crippen LogP contribution in [0, 0.1) is 5.92 Å². The van der Waals surface area contributed by atoms with Gasteiger partial charge in [0.05, 0.1) is 0 Å². The summed E-state index contributed by atoms with van der Waals surface area (Å²) in [6, 6.07) is 8.79. The molecule has 3 rings (SSSR count). The Morgan fingerprint density at radius 3 is 2.89 bits per heavy atom. The molecule has 1 aromatic rings. The third kappa shape index (κ3) is 2.58. The van der Waals surface area contributed by atoms with Gasteiger partial charge in [0, 0.05) is 12.5 Å². The summed E-state index contributed by atoms with van der Waals surface area (Å²) >= 11 is 0. The van der Waals surface area contributed by atoms with Gasteiger partial charge in [0.1, 0.15) is 0 Å². The Morgan fingerprint density at radius 2 is 2.06 bits per heavy atom. The maximum atomic E-state index is 11.6. The Balaban J connectivity index is 1.55. The summed E-state index contributed by atoms with van der Waals surface area (Å²) in [5, 5.41) is 3.08. The SMILES string of the molecule is O=C(NCCC1CCCc2ccccc21)C1CC1. The molecule has 96 valence electrons. The van der Waals surface area contributed by atoms with Gasteiger partial charge in [-0.05, 0) is 55.6 Å². The molecule has 2 aliphatic rings. The molecule has 1 atom stereocenters. The van der Waals surface area contributed by atoms with Crippen molar-refractivity contribution in [1.82, 2.24) is 5.32 Å². The Hall–Kier alpha value is -1.31. The van der Waals surface area contributed by atoms with Crippen molar-refractivity contribution in [2.24, 2.45) is 5.92 Å². The normalized spacial score (nSPS) is 22.3. The third-order valence-corrected chi connectivity index (χ3v) is 4.23. The molecule has 2 aliphatic carbocycles. The lowest BCUT2D eigenvalue weighted by molar-refractivity contribution is -0.122. The van der Waals surface area contributed by atoms with E-state index in [0.717, 1.165) is 25.8 Å². The standard InChI is InChI=1S/C16H21NO/c18-16(14-8-9-14)17-11-10-13-6-3-5-12-4-1-2-7-15(12)13/h1-2,4,7,13-14H,3,5-6,8-11H2,(H,17,18). The van der Waals surface area contributed by atoms with Crippen molar-refractivity contribution < 1.29 is 4.79 Å². The largest absolute Gasteiger partial charge is 0.356 e. The van der Waals surface area contributed by atoms with Crippen LogP contribution in [0.3, 0.4) is 0 Å². The van der Waals surface area contributed by atoms with Crippen molar-refractivity contribution in [3.05, 3.63) is 35.4 Å². The Kier molecular flexibility index (Phi) is 3.35. The van der Waals surface area contributed by atoms with E-state index in [9.17, 15) is 4.79 Å². The summed E-state index contributed by atoms with van der Waals surface area (Å²) in [7, 11) is 0. The lowest BCUT2D eigenvalue weighted by Gasteiger charge is -2.25. The molecule has 1 amide bonds. The van der Waals surface area contributed by atoms with Crippen molar-refractivity contribution >= 4 is 5.91 Å². The fraction of sp³-hybridized carbons (Fsp3) is 0.562. The monoisotopic (exact) mass is 243 g/mol. The topological polar surface area (TPSA) is 29.1 Å². The molecule has 2 nitrogen and oxygen atoms in total. The fourth-order valence-corrected chi connectivity index (χ4v) is 3.01. The first-order valence-electron chi connectivity index (χ1n) is 7.20. The van der Waals surface area contributed by atoms with Gasteiger partial charge >= 0.3 is 0 Å². The molecular formula is C16H21NO. The average molecular weight is 243 g/mol. The maximum absolute atomic E-state index is 11.6. The van der Waals surface area contributed by atoms with Crippen molar-refractivity contribution in [3.8, 4) is 0 Å². The number of fused-ring (bicyclic) bond motifs is 1. The van der Waals surface area contributed by atoms with Gasteiger partial charge in [0.15, 0.2) is 0 Å². The lowest BCUT2D eigenvalue weighted by Crippen LogP contribution is -2.27. The summed E-state index contributed by atoms with van der Waals surface area (Å²) in [5.74, 6) is 1.26. The summed E-state index contributed by atoms with van der Waals surface area (Å²) in [4.78, 5) is 11.6. The van der Waals surface area contributed by atoms with Crippen molar-refractivity contribution in [3.63, 3.8) is 0 Å². The Bertz CT molecular complexity index is 436. The Morgan fingerprint density at radius 1 is 1.22 bits per heavy atom. The van der Waals surface area contributed by atoms with E-state index in [1.54, 1.807) is 0 Å². The van der Waals surface area contributed by atoms with E-state index in [2.05, 4.69) is 29.6 Å². The number of hydrogen-bond donors (Lipinski definition) is 1. The highest BCUT2D eigenvalue weighted by molar-refractivity contribution is 5.80. The molecule has 0 bridgehead atoms. The van der Waals surface area contributed by atoms with E-state index in [4.69, 9.17) is 0 Å². The van der Waals surface area contributed by atoms with E-state index in [1.807, 2.05) is 0 Å². The molecule has 1 fully saturated rings. The molecule has 0 saturated heterocycles. The molecule has 0 aliphatic heterocycles. The third-order valence-electron chi connectivity index (χ3n) is 4.23. The number of aryl methyl sites for hydroxylation is 1. The van der Waals surface area contributed by atoms with Crippen LogP contribution >= 0.6 is 0 Å². The highest BCUT2D eigenvalue weighted by atomic mass is 16.2. The molecule has 1 N–H and O–H groups in total. The highest BCUT2D eigenvalue weighted by Crippen LogP contribution is 2.33. The average Bonchev–Trinajstić information content (AvgIpc) is 3.23. The van der Waals surface area contributed by atoms with Gasteiger partial charge < -0.3 is 5.32 Å². The molecule has 1 aromatic carbocycles. The molecule has 1 unspecified atom stereocenters. The van der Waals surface area contributed by atoms with Crippen LogP contribution in [0.15, 0.2) is 24.3 Å². The number of hydrogen-bond acceptors (Lipinski definition) is 1. The number of rotatable bonds is 4. The zero-order valence-electron chi connectivity index (χ0n) is 10.8. The quantitative estimate of drug-likeness (QED) is 0.865. The van der Waals surface area contributed by atoms with E-state index in [-0.39, 0.29) is 5.91 Å². The molecule has 0 aromatic heterocycles. The molecule has 2 heteroatoms. The van der Waals surface area contributed by atoms with E-state index >= 15 is 0 Å². The molecule has 0 heterocycles. The van der Waals surface area contributed by atoms with E-state index < -0.39 is 0 Å². The second-order valence-corrected chi connectivity index (χ2v) is 5.64. The van der Waals surface area contributed by atoms with Crippen LogP contribution in [0.5, 0.6) is 0 Å². The van der Waals surface area contributed by atoms with Gasteiger partial charge in [-0.25, -0.2) is 0 Å². The first-order valence-corrected chi connectivity index (χ1v) is 7.20. The molecule has 0 radical (unpaired) electrons. The summed E-state index contributed by atoms with van der Waals surface area (Å²) in [5.41, 5.74) is 3.03. The first kappa shape index (κ1) is 11.8. The van der Waals surface area contributed by atoms with E-state index in [1.165, 1.54) is 30.4 Å². The van der Waals surface area contributed by atoms with Gasteiger partial charge in [-0.3, -0.25) is 4.79 Å². The number of carbonyl (C=O) groups excluding carboxylic acids is 1. The van der Waals surface area contributed by atoms with Crippen molar-refractivity contribution in [1.29, 1.82) is 0 Å². The zero-order chi connectivity index (χ0) is 12.4. The number of carbonyl (C=O) groups is 1. The van der Waals surface area contributed by atoms with Gasteiger partial charge in [-0.2, -0.15) is 0 Å². The van der Waals surface area contributed by atoms with Crippen LogP contribution < -0.4 is 5.32 Å². The van der Waals surface area contributed by atoms with Crippen LogP contribution in [-0.4, -0.2) is 12.5 Å². The van der Waals surface area contributed by atoms with Crippen molar-refractivity contribution in [2.75, 3.05) is 6.54 Å². The second-order valence-electron chi connectivity index (χ2n) is 5.64. The summed E-state index contributed by atoms with van der Waals surface area (Å²) in [6.07, 6.45) is 7.07. The van der Waals surface area contributed by atoms with Gasteiger partial charge in [-0.15, -0.1) is 0 Å². The van der Waals surface area contributed by atoms with Crippen LogP contribution in [0.25, 0.3) is 0 Å². The van der Waals surface area contributed by atoms with Gasteiger partial charge in [0.2, 0.25) is 5.91 Å². The molecular weight excluding hydrogens is 222 g/mol. The minimum Gasteiger partial charge on any atom is -0.356 e. The first-order chi connectivity index (χ1) is 8.84. The second kappa shape index (κ2) is 5.13. The smallest absolute Gasteiger partial charge is 0.223 e. The predicted octanol–water partition coefficient (Wildman–Crippen LogP) is 3.02. The fourth-order valence-electron chi connectivity index (χ4n) is 3.01. The van der Waals surface area contributed by atoms with Crippen LogP contribution in [-0.2, 0) is 11.2 Å².